The molecule has 24 heavy (non-hydrogen) atoms. The average Bonchev–Trinajstić information content (AvgIpc) is 2.91. The number of aryl methyl sites for hydroxylation is 1. The molecule has 0 bridgehead atoms. The number of allylic oxidation sites excluding steroid dienone is 1. The van der Waals surface area contributed by atoms with Crippen LogP contribution in [0.2, 0.25) is 0 Å². The predicted octanol–water partition coefficient (Wildman–Crippen LogP) is 3.16. The molecule has 1 N–H and O–H groups in total. The Hall–Kier alpha value is -3.21. The van der Waals surface area contributed by atoms with E-state index < -0.39 is 0 Å². The Balaban J connectivity index is 1.58. The zero-order valence-corrected chi connectivity index (χ0v) is 13.4. The number of aromatic nitrogens is 2. The first kappa shape index (κ1) is 15.7. The Morgan fingerprint density at radius 1 is 1.17 bits per heavy atom. The van der Waals surface area contributed by atoms with Gasteiger partial charge in [-0.15, -0.1) is 0 Å². The van der Waals surface area contributed by atoms with Gasteiger partial charge >= 0.3 is 0 Å². The fourth-order valence-corrected chi connectivity index (χ4v) is 2.45. The van der Waals surface area contributed by atoms with E-state index in [0.717, 1.165) is 22.4 Å². The second-order valence-corrected chi connectivity index (χ2v) is 5.32. The molecule has 2 aromatic carbocycles. The van der Waals surface area contributed by atoms with Crippen LogP contribution >= 0.6 is 0 Å². The molecule has 5 heteroatoms. The van der Waals surface area contributed by atoms with Crippen LogP contribution in [0.1, 0.15) is 11.4 Å². The first-order valence-corrected chi connectivity index (χ1v) is 7.69. The van der Waals surface area contributed by atoms with Crippen molar-refractivity contribution in [3.8, 4) is 0 Å². The summed E-state index contributed by atoms with van der Waals surface area (Å²) in [6.07, 6.45) is 5.26. The third-order valence-corrected chi connectivity index (χ3v) is 3.59. The van der Waals surface area contributed by atoms with Crippen molar-refractivity contribution >= 4 is 29.2 Å². The predicted molar refractivity (Wildman–Crippen MR) is 96.6 cm³/mol. The van der Waals surface area contributed by atoms with Crippen LogP contribution < -0.4 is 5.43 Å². The number of carbonyl (C=O) groups is 1. The Labute approximate surface area is 140 Å². The van der Waals surface area contributed by atoms with Crippen LogP contribution in [0.4, 0.5) is 0 Å². The number of para-hydroxylation sites is 2. The third-order valence-electron chi connectivity index (χ3n) is 3.59. The molecule has 1 amide bonds. The number of benzene rings is 2. The number of nitrogens with one attached hydrogen (secondary N) is 1. The second-order valence-electron chi connectivity index (χ2n) is 5.32. The maximum atomic E-state index is 12.0. The summed E-state index contributed by atoms with van der Waals surface area (Å²) < 4.78 is 1.87. The van der Waals surface area contributed by atoms with Crippen molar-refractivity contribution < 1.29 is 4.79 Å². The van der Waals surface area contributed by atoms with E-state index in [1.807, 2.05) is 72.2 Å². The quantitative estimate of drug-likeness (QED) is 0.580. The summed E-state index contributed by atoms with van der Waals surface area (Å²) in [5.74, 6) is 0.616. The molecule has 3 rings (SSSR count). The maximum absolute atomic E-state index is 12.0. The zero-order valence-electron chi connectivity index (χ0n) is 13.4. The van der Waals surface area contributed by atoms with E-state index in [4.69, 9.17) is 0 Å². The van der Waals surface area contributed by atoms with Gasteiger partial charge in [0.05, 0.1) is 11.0 Å². The number of amides is 1. The summed E-state index contributed by atoms with van der Waals surface area (Å²) in [6, 6.07) is 17.6. The van der Waals surface area contributed by atoms with Gasteiger partial charge in [-0.05, 0) is 30.7 Å². The third kappa shape index (κ3) is 3.76. The molecule has 0 fully saturated rings. The van der Waals surface area contributed by atoms with Crippen molar-refractivity contribution in [3.05, 3.63) is 72.1 Å². The van der Waals surface area contributed by atoms with Gasteiger partial charge in [-0.3, -0.25) is 4.79 Å². The molecule has 0 saturated heterocycles. The molecule has 0 spiro atoms. The molecule has 5 nitrogen and oxygen atoms in total. The van der Waals surface area contributed by atoms with Crippen molar-refractivity contribution in [2.75, 3.05) is 0 Å². The highest BCUT2D eigenvalue weighted by Gasteiger charge is 2.09. The van der Waals surface area contributed by atoms with Crippen molar-refractivity contribution in [2.24, 2.45) is 5.10 Å². The molecule has 1 heterocycles. The minimum absolute atomic E-state index is 0.187. The highest BCUT2D eigenvalue weighted by Crippen LogP contribution is 2.14. The number of hydrogen-bond acceptors (Lipinski definition) is 3. The van der Waals surface area contributed by atoms with Crippen LogP contribution in [0.5, 0.6) is 0 Å². The number of nitrogens with zero attached hydrogens (tertiary/aromatic N) is 3. The summed E-state index contributed by atoms with van der Waals surface area (Å²) >= 11 is 0. The van der Waals surface area contributed by atoms with E-state index >= 15 is 0 Å². The van der Waals surface area contributed by atoms with Crippen molar-refractivity contribution in [3.63, 3.8) is 0 Å². The topological polar surface area (TPSA) is 59.3 Å². The lowest BCUT2D eigenvalue weighted by atomic mass is 10.2. The lowest BCUT2D eigenvalue weighted by molar-refractivity contribution is -0.121. The van der Waals surface area contributed by atoms with E-state index in [1.54, 1.807) is 12.3 Å². The minimum Gasteiger partial charge on any atom is -0.319 e. The second kappa shape index (κ2) is 7.37. The van der Waals surface area contributed by atoms with Gasteiger partial charge in [0.25, 0.3) is 5.91 Å². The van der Waals surface area contributed by atoms with Gasteiger partial charge in [-0.25, -0.2) is 10.4 Å². The van der Waals surface area contributed by atoms with Gasteiger partial charge in [-0.1, -0.05) is 48.5 Å². The number of rotatable bonds is 5. The van der Waals surface area contributed by atoms with Crippen LogP contribution in [0.3, 0.4) is 0 Å². The summed E-state index contributed by atoms with van der Waals surface area (Å²) in [5.41, 5.74) is 5.44. The molecule has 3 aromatic rings. The van der Waals surface area contributed by atoms with Crippen LogP contribution in [0, 0.1) is 6.92 Å². The summed E-state index contributed by atoms with van der Waals surface area (Å²) in [6.45, 7) is 2.07. The maximum Gasteiger partial charge on any atom is 0.260 e. The molecule has 0 aliphatic carbocycles. The molecular weight excluding hydrogens is 300 g/mol. The van der Waals surface area contributed by atoms with Crippen LogP contribution in [0.25, 0.3) is 17.1 Å². The van der Waals surface area contributed by atoms with E-state index in [2.05, 4.69) is 15.5 Å². The smallest absolute Gasteiger partial charge is 0.260 e. The van der Waals surface area contributed by atoms with Gasteiger partial charge in [0.1, 0.15) is 12.4 Å². The van der Waals surface area contributed by atoms with Crippen molar-refractivity contribution in [2.45, 2.75) is 13.5 Å². The van der Waals surface area contributed by atoms with E-state index in [0.29, 0.717) is 0 Å². The molecule has 120 valence electrons. The van der Waals surface area contributed by atoms with Crippen LogP contribution in [0.15, 0.2) is 65.8 Å². The fraction of sp³-hybridized carbons (Fsp3) is 0.105. The molecular formula is C19H18N4O. The standard InChI is InChI=1S/C19H18N4O/c1-15-21-17-11-5-6-12-18(17)23(15)14-19(24)22-20-13-7-10-16-8-3-2-4-9-16/h2-13H,14H2,1H3,(H,22,24). The van der Waals surface area contributed by atoms with Gasteiger partial charge in [-0.2, -0.15) is 5.10 Å². The SMILES string of the molecule is Cc1nc2ccccc2n1CC(=O)NN=CC=Cc1ccccc1. The number of hydrogen-bond donors (Lipinski definition) is 1. The molecule has 0 saturated carbocycles. The fourth-order valence-electron chi connectivity index (χ4n) is 2.45. The monoisotopic (exact) mass is 318 g/mol. The first-order valence-electron chi connectivity index (χ1n) is 7.69. The Kier molecular flexibility index (Phi) is 4.81. The first-order chi connectivity index (χ1) is 11.7. The highest BCUT2D eigenvalue weighted by atomic mass is 16.2. The summed E-state index contributed by atoms with van der Waals surface area (Å²) in [4.78, 5) is 16.5. The number of fused-ring (bicyclic) bond motifs is 1. The van der Waals surface area contributed by atoms with Crippen molar-refractivity contribution in [1.82, 2.24) is 15.0 Å². The molecule has 0 aliphatic heterocycles. The lowest BCUT2D eigenvalue weighted by Crippen LogP contribution is -2.23. The van der Waals surface area contributed by atoms with Crippen molar-refractivity contribution in [1.29, 1.82) is 0 Å². The van der Waals surface area contributed by atoms with Gasteiger partial charge in [0.2, 0.25) is 0 Å². The molecule has 0 aliphatic rings. The van der Waals surface area contributed by atoms with Crippen LogP contribution in [-0.2, 0) is 11.3 Å². The van der Waals surface area contributed by atoms with Gasteiger partial charge < -0.3 is 4.57 Å². The van der Waals surface area contributed by atoms with E-state index in [9.17, 15) is 4.79 Å². The lowest BCUT2D eigenvalue weighted by Gasteiger charge is -2.05. The van der Waals surface area contributed by atoms with Crippen LogP contribution in [-0.4, -0.2) is 21.7 Å². The van der Waals surface area contributed by atoms with E-state index in [1.165, 1.54) is 0 Å². The Morgan fingerprint density at radius 3 is 2.75 bits per heavy atom. The highest BCUT2D eigenvalue weighted by molar-refractivity contribution is 5.83. The molecule has 0 atom stereocenters. The zero-order chi connectivity index (χ0) is 16.8. The molecule has 0 radical (unpaired) electrons. The number of hydrazone groups is 1. The Morgan fingerprint density at radius 2 is 1.92 bits per heavy atom. The summed E-state index contributed by atoms with van der Waals surface area (Å²) in [7, 11) is 0. The molecule has 1 aromatic heterocycles. The number of carbonyl (C=O) groups excluding carboxylic acids is 1. The Bertz CT molecular complexity index is 894. The average molecular weight is 318 g/mol. The largest absolute Gasteiger partial charge is 0.319 e. The van der Waals surface area contributed by atoms with Gasteiger partial charge in [0.15, 0.2) is 0 Å². The summed E-state index contributed by atoms with van der Waals surface area (Å²) in [5, 5.41) is 3.93. The van der Waals surface area contributed by atoms with E-state index in [-0.39, 0.29) is 12.5 Å². The van der Waals surface area contributed by atoms with Gasteiger partial charge in [0, 0.05) is 6.21 Å². The number of imidazole rings is 1. The normalized spacial score (nSPS) is 11.5. The molecule has 0 unspecified atom stereocenters. The minimum atomic E-state index is -0.189.